The van der Waals surface area contributed by atoms with E-state index in [1.54, 1.807) is 32.7 Å². The van der Waals surface area contributed by atoms with Gasteiger partial charge in [-0.25, -0.2) is 0 Å². The maximum Gasteiger partial charge on any atom is 0.164 e. The maximum atomic E-state index is 6.20. The van der Waals surface area contributed by atoms with Crippen LogP contribution >= 0.6 is 38.9 Å². The monoisotopic (exact) mass is 376 g/mol. The van der Waals surface area contributed by atoms with Crippen LogP contribution in [0.1, 0.15) is 15.3 Å². The molecule has 0 spiro atoms. The molecule has 0 saturated carbocycles. The summed E-state index contributed by atoms with van der Waals surface area (Å²) in [5, 5.41) is 2.69. The van der Waals surface area contributed by atoms with Crippen LogP contribution in [-0.2, 0) is 0 Å². The number of alkyl halides is 1. The average molecular weight is 378 g/mol. The van der Waals surface area contributed by atoms with Gasteiger partial charge in [-0.05, 0) is 17.5 Å². The summed E-state index contributed by atoms with van der Waals surface area (Å²) in [5.41, 5.74) is 0.939. The standard InChI is InChI=1S/C14H14BrClO3S/c1-17-10-7-12(19-3)11(18-2)6-8(10)13(15)14-9(16)4-5-20-14/h4-7,13H,1-3H3. The number of hydrogen-bond acceptors (Lipinski definition) is 4. The molecule has 2 rings (SSSR count). The Morgan fingerprint density at radius 3 is 2.15 bits per heavy atom. The van der Waals surface area contributed by atoms with Crippen molar-refractivity contribution >= 4 is 38.9 Å². The second-order valence-electron chi connectivity index (χ2n) is 3.94. The number of halogens is 2. The van der Waals surface area contributed by atoms with Gasteiger partial charge < -0.3 is 14.2 Å². The first-order valence-electron chi connectivity index (χ1n) is 5.79. The van der Waals surface area contributed by atoms with Gasteiger partial charge in [0, 0.05) is 16.5 Å². The first-order valence-corrected chi connectivity index (χ1v) is 7.96. The molecule has 0 aliphatic rings. The molecule has 0 aliphatic carbocycles. The molecule has 1 aromatic heterocycles. The van der Waals surface area contributed by atoms with Gasteiger partial charge in [0.1, 0.15) is 5.75 Å². The summed E-state index contributed by atoms with van der Waals surface area (Å²) in [7, 11) is 4.83. The van der Waals surface area contributed by atoms with Crippen LogP contribution in [0.4, 0.5) is 0 Å². The molecular formula is C14H14BrClO3S. The number of thiophene rings is 1. The molecule has 108 valence electrons. The highest BCUT2D eigenvalue weighted by Gasteiger charge is 2.22. The van der Waals surface area contributed by atoms with E-state index >= 15 is 0 Å². The number of hydrogen-bond donors (Lipinski definition) is 0. The zero-order valence-electron chi connectivity index (χ0n) is 11.3. The van der Waals surface area contributed by atoms with Crippen molar-refractivity contribution in [1.82, 2.24) is 0 Å². The van der Waals surface area contributed by atoms with E-state index in [-0.39, 0.29) is 4.83 Å². The van der Waals surface area contributed by atoms with E-state index in [1.165, 1.54) is 0 Å². The van der Waals surface area contributed by atoms with Crippen molar-refractivity contribution in [2.45, 2.75) is 4.83 Å². The summed E-state index contributed by atoms with van der Waals surface area (Å²) in [6.07, 6.45) is 0. The zero-order valence-corrected chi connectivity index (χ0v) is 14.4. The molecule has 1 atom stereocenters. The summed E-state index contributed by atoms with van der Waals surface area (Å²) < 4.78 is 16.1. The van der Waals surface area contributed by atoms with Crippen LogP contribution in [0.25, 0.3) is 0 Å². The lowest BCUT2D eigenvalue weighted by molar-refractivity contribution is 0.348. The molecule has 1 heterocycles. The molecule has 0 aliphatic heterocycles. The fourth-order valence-electron chi connectivity index (χ4n) is 1.88. The van der Waals surface area contributed by atoms with E-state index in [1.807, 2.05) is 23.6 Å². The molecule has 0 radical (unpaired) electrons. The lowest BCUT2D eigenvalue weighted by Gasteiger charge is -2.17. The quantitative estimate of drug-likeness (QED) is 0.693. The summed E-state index contributed by atoms with van der Waals surface area (Å²) in [5.74, 6) is 2.00. The van der Waals surface area contributed by atoms with E-state index in [9.17, 15) is 0 Å². The smallest absolute Gasteiger partial charge is 0.164 e. The SMILES string of the molecule is COc1cc(OC)c(C(Br)c2sccc2Cl)cc1OC. The normalized spacial score (nSPS) is 12.1. The Labute approximate surface area is 135 Å². The third-order valence-electron chi connectivity index (χ3n) is 2.88. The summed E-state index contributed by atoms with van der Waals surface area (Å²) in [4.78, 5) is 0.960. The van der Waals surface area contributed by atoms with E-state index in [4.69, 9.17) is 25.8 Å². The van der Waals surface area contributed by atoms with Gasteiger partial charge in [-0.1, -0.05) is 27.5 Å². The highest BCUT2D eigenvalue weighted by molar-refractivity contribution is 9.09. The minimum absolute atomic E-state index is 0.0650. The fraction of sp³-hybridized carbons (Fsp3) is 0.286. The van der Waals surface area contributed by atoms with Crippen LogP contribution in [0.15, 0.2) is 23.6 Å². The van der Waals surface area contributed by atoms with E-state index in [0.29, 0.717) is 17.2 Å². The molecule has 20 heavy (non-hydrogen) atoms. The Bertz CT molecular complexity index is 600. The van der Waals surface area contributed by atoms with Gasteiger partial charge in [0.25, 0.3) is 0 Å². The van der Waals surface area contributed by atoms with Crippen molar-refractivity contribution in [2.75, 3.05) is 21.3 Å². The molecule has 0 fully saturated rings. The highest BCUT2D eigenvalue weighted by Crippen LogP contribution is 2.45. The average Bonchev–Trinajstić information content (AvgIpc) is 2.91. The third kappa shape index (κ3) is 2.90. The first kappa shape index (κ1) is 15.5. The third-order valence-corrected chi connectivity index (χ3v) is 5.56. The Kier molecular flexibility index (Phi) is 5.18. The lowest BCUT2D eigenvalue weighted by atomic mass is 10.1. The van der Waals surface area contributed by atoms with Gasteiger partial charge in [0.2, 0.25) is 0 Å². The van der Waals surface area contributed by atoms with E-state index in [2.05, 4.69) is 15.9 Å². The van der Waals surface area contributed by atoms with E-state index < -0.39 is 0 Å². The van der Waals surface area contributed by atoms with E-state index in [0.717, 1.165) is 15.5 Å². The van der Waals surface area contributed by atoms with Gasteiger partial charge in [0.15, 0.2) is 11.5 Å². The zero-order chi connectivity index (χ0) is 14.7. The largest absolute Gasteiger partial charge is 0.496 e. The van der Waals surface area contributed by atoms with Crippen molar-refractivity contribution in [3.8, 4) is 17.2 Å². The minimum atomic E-state index is -0.0650. The molecule has 0 amide bonds. The van der Waals surface area contributed by atoms with Crippen molar-refractivity contribution in [1.29, 1.82) is 0 Å². The molecule has 2 aromatic rings. The van der Waals surface area contributed by atoms with Crippen molar-refractivity contribution in [3.63, 3.8) is 0 Å². The second kappa shape index (κ2) is 6.70. The van der Waals surface area contributed by atoms with Gasteiger partial charge in [-0.15, -0.1) is 11.3 Å². The van der Waals surface area contributed by atoms with Crippen LogP contribution in [-0.4, -0.2) is 21.3 Å². The summed E-state index contributed by atoms with van der Waals surface area (Å²) >= 11 is 11.5. The maximum absolute atomic E-state index is 6.20. The summed E-state index contributed by atoms with van der Waals surface area (Å²) in [6, 6.07) is 5.58. The van der Waals surface area contributed by atoms with Gasteiger partial charge >= 0.3 is 0 Å². The van der Waals surface area contributed by atoms with Crippen molar-refractivity contribution in [3.05, 3.63) is 39.0 Å². The van der Waals surface area contributed by atoms with Gasteiger partial charge in [0.05, 0.1) is 31.2 Å². The first-order chi connectivity index (χ1) is 9.62. The van der Waals surface area contributed by atoms with Crippen LogP contribution in [0.5, 0.6) is 17.2 Å². The summed E-state index contributed by atoms with van der Waals surface area (Å²) in [6.45, 7) is 0. The van der Waals surface area contributed by atoms with Crippen molar-refractivity contribution in [2.24, 2.45) is 0 Å². The molecule has 0 saturated heterocycles. The van der Waals surface area contributed by atoms with Crippen LogP contribution < -0.4 is 14.2 Å². The number of ether oxygens (including phenoxy) is 3. The minimum Gasteiger partial charge on any atom is -0.496 e. The molecule has 1 aromatic carbocycles. The lowest BCUT2D eigenvalue weighted by Crippen LogP contribution is -1.99. The number of methoxy groups -OCH3 is 3. The molecule has 3 nitrogen and oxygen atoms in total. The molecule has 6 heteroatoms. The predicted octanol–water partition coefficient (Wildman–Crippen LogP) is 4.91. The second-order valence-corrected chi connectivity index (χ2v) is 6.22. The van der Waals surface area contributed by atoms with Crippen LogP contribution in [0, 0.1) is 0 Å². The predicted molar refractivity (Wildman–Crippen MR) is 86.2 cm³/mol. The fourth-order valence-corrected chi connectivity index (χ4v) is 4.10. The Hall–Kier alpha value is -0.910. The Morgan fingerprint density at radius 1 is 1.05 bits per heavy atom. The molecular weight excluding hydrogens is 364 g/mol. The van der Waals surface area contributed by atoms with Gasteiger partial charge in [-0.3, -0.25) is 0 Å². The van der Waals surface area contributed by atoms with Gasteiger partial charge in [-0.2, -0.15) is 0 Å². The molecule has 0 N–H and O–H groups in total. The van der Waals surface area contributed by atoms with Crippen LogP contribution in [0.2, 0.25) is 5.02 Å². The van der Waals surface area contributed by atoms with Crippen LogP contribution in [0.3, 0.4) is 0 Å². The van der Waals surface area contributed by atoms with Crippen molar-refractivity contribution < 1.29 is 14.2 Å². The molecule has 0 bridgehead atoms. The number of benzene rings is 1. The molecule has 1 unspecified atom stereocenters. The Morgan fingerprint density at radius 2 is 1.65 bits per heavy atom. The number of rotatable bonds is 5. The Balaban J connectivity index is 2.52. The topological polar surface area (TPSA) is 27.7 Å². The highest BCUT2D eigenvalue weighted by atomic mass is 79.9.